The van der Waals surface area contributed by atoms with Crippen LogP contribution in [0.5, 0.6) is 0 Å². The lowest BCUT2D eigenvalue weighted by Crippen LogP contribution is -2.41. The molecule has 0 bridgehead atoms. The minimum atomic E-state index is -0.296. The SMILES string of the molecule is CCNCC1CCN(C(=O)c2ccc(F)cc2I)CC1.Cl. The second-order valence-corrected chi connectivity index (χ2v) is 6.33. The molecule has 21 heavy (non-hydrogen) atoms. The van der Waals surface area contributed by atoms with Crippen LogP contribution in [0.25, 0.3) is 0 Å². The zero-order chi connectivity index (χ0) is 14.5. The predicted molar refractivity (Wildman–Crippen MR) is 93.5 cm³/mol. The molecule has 0 unspecified atom stereocenters. The summed E-state index contributed by atoms with van der Waals surface area (Å²) in [6.45, 7) is 5.72. The van der Waals surface area contributed by atoms with Gasteiger partial charge in [-0.05, 0) is 72.6 Å². The number of nitrogens with zero attached hydrogens (tertiary/aromatic N) is 1. The summed E-state index contributed by atoms with van der Waals surface area (Å²) in [5, 5.41) is 3.36. The van der Waals surface area contributed by atoms with Crippen LogP contribution in [0, 0.1) is 15.3 Å². The number of nitrogens with one attached hydrogen (secondary N) is 1. The average molecular weight is 427 g/mol. The molecule has 1 aliphatic heterocycles. The number of piperidine rings is 1. The van der Waals surface area contributed by atoms with Crippen LogP contribution in [0.3, 0.4) is 0 Å². The molecule has 6 heteroatoms. The van der Waals surface area contributed by atoms with Crippen molar-refractivity contribution in [2.45, 2.75) is 19.8 Å². The summed E-state index contributed by atoms with van der Waals surface area (Å²) in [4.78, 5) is 14.3. The number of hydrogen-bond donors (Lipinski definition) is 1. The van der Waals surface area contributed by atoms with Crippen molar-refractivity contribution in [2.75, 3.05) is 26.2 Å². The van der Waals surface area contributed by atoms with Crippen LogP contribution in [0.2, 0.25) is 0 Å². The third-order valence-corrected chi connectivity index (χ3v) is 4.64. The lowest BCUT2D eigenvalue weighted by atomic mass is 9.96. The van der Waals surface area contributed by atoms with E-state index >= 15 is 0 Å². The maximum atomic E-state index is 13.1. The number of likely N-dealkylation sites (tertiary alicyclic amines) is 1. The van der Waals surface area contributed by atoms with Gasteiger partial charge in [0.05, 0.1) is 5.56 Å². The van der Waals surface area contributed by atoms with E-state index in [4.69, 9.17) is 0 Å². The molecule has 0 radical (unpaired) electrons. The standard InChI is InChI=1S/C15H20FIN2O.ClH/c1-2-18-10-11-5-7-19(8-6-11)15(20)13-4-3-12(16)9-14(13)17;/h3-4,9,11,18H,2,5-8,10H2,1H3;1H. The summed E-state index contributed by atoms with van der Waals surface area (Å²) >= 11 is 2.02. The molecule has 1 aromatic rings. The Morgan fingerprint density at radius 2 is 2.10 bits per heavy atom. The highest BCUT2D eigenvalue weighted by Crippen LogP contribution is 2.21. The molecule has 1 N–H and O–H groups in total. The zero-order valence-corrected chi connectivity index (χ0v) is 15.0. The molecule has 118 valence electrons. The normalized spacial score (nSPS) is 15.7. The Bertz CT molecular complexity index is 479. The van der Waals surface area contributed by atoms with Crippen molar-refractivity contribution in [1.29, 1.82) is 0 Å². The first-order valence-corrected chi connectivity index (χ1v) is 8.14. The monoisotopic (exact) mass is 426 g/mol. The summed E-state index contributed by atoms with van der Waals surface area (Å²) in [5.74, 6) is 0.387. The maximum absolute atomic E-state index is 13.1. The van der Waals surface area contributed by atoms with Gasteiger partial charge in [-0.1, -0.05) is 6.92 Å². The molecule has 1 saturated heterocycles. The molecule has 1 fully saturated rings. The molecule has 0 aliphatic carbocycles. The first-order valence-electron chi connectivity index (χ1n) is 7.07. The van der Waals surface area contributed by atoms with Gasteiger partial charge in [-0.2, -0.15) is 0 Å². The van der Waals surface area contributed by atoms with Gasteiger partial charge in [0.1, 0.15) is 5.82 Å². The molecule has 0 aromatic heterocycles. The third-order valence-electron chi connectivity index (χ3n) is 3.75. The van der Waals surface area contributed by atoms with E-state index in [0.717, 1.165) is 39.0 Å². The van der Waals surface area contributed by atoms with Gasteiger partial charge < -0.3 is 10.2 Å². The van der Waals surface area contributed by atoms with Gasteiger partial charge in [0.15, 0.2) is 0 Å². The predicted octanol–water partition coefficient (Wildman–Crippen LogP) is 3.31. The summed E-state index contributed by atoms with van der Waals surface area (Å²) in [7, 11) is 0. The van der Waals surface area contributed by atoms with Crippen molar-refractivity contribution < 1.29 is 9.18 Å². The van der Waals surface area contributed by atoms with Crippen LogP contribution in [0.4, 0.5) is 4.39 Å². The van der Waals surface area contributed by atoms with E-state index < -0.39 is 0 Å². The number of carbonyl (C=O) groups excluding carboxylic acids is 1. The molecule has 2 rings (SSSR count). The molecule has 0 saturated carbocycles. The van der Waals surface area contributed by atoms with Gasteiger partial charge in [0.2, 0.25) is 0 Å². The highest BCUT2D eigenvalue weighted by atomic mass is 127. The van der Waals surface area contributed by atoms with E-state index in [0.29, 0.717) is 15.1 Å². The molecular weight excluding hydrogens is 406 g/mol. The zero-order valence-electron chi connectivity index (χ0n) is 12.1. The number of carbonyl (C=O) groups is 1. The van der Waals surface area contributed by atoms with Crippen LogP contribution in [-0.2, 0) is 0 Å². The maximum Gasteiger partial charge on any atom is 0.254 e. The molecule has 1 aliphatic rings. The van der Waals surface area contributed by atoms with Crippen LogP contribution in [-0.4, -0.2) is 37.0 Å². The van der Waals surface area contributed by atoms with E-state index in [1.165, 1.54) is 12.1 Å². The van der Waals surface area contributed by atoms with Gasteiger partial charge in [-0.25, -0.2) is 4.39 Å². The molecule has 1 amide bonds. The average Bonchev–Trinajstić information content (AvgIpc) is 2.45. The number of hydrogen-bond acceptors (Lipinski definition) is 2. The van der Waals surface area contributed by atoms with Gasteiger partial charge in [-0.3, -0.25) is 4.79 Å². The van der Waals surface area contributed by atoms with Crippen molar-refractivity contribution in [3.8, 4) is 0 Å². The topological polar surface area (TPSA) is 32.3 Å². The largest absolute Gasteiger partial charge is 0.339 e. The Morgan fingerprint density at radius 1 is 1.43 bits per heavy atom. The van der Waals surface area contributed by atoms with E-state index in [9.17, 15) is 9.18 Å². The quantitative estimate of drug-likeness (QED) is 0.749. The van der Waals surface area contributed by atoms with Gasteiger partial charge in [0, 0.05) is 16.7 Å². The number of halogens is 3. The van der Waals surface area contributed by atoms with Crippen LogP contribution in [0.1, 0.15) is 30.1 Å². The third kappa shape index (κ3) is 5.07. The minimum Gasteiger partial charge on any atom is -0.339 e. The summed E-state index contributed by atoms with van der Waals surface area (Å²) in [5.41, 5.74) is 0.608. The Kier molecular flexibility index (Phi) is 7.90. The summed E-state index contributed by atoms with van der Waals surface area (Å²) in [6.07, 6.45) is 2.08. The molecule has 0 spiro atoms. The van der Waals surface area contributed by atoms with Gasteiger partial charge in [-0.15, -0.1) is 12.4 Å². The van der Waals surface area contributed by atoms with Crippen molar-refractivity contribution in [3.05, 3.63) is 33.1 Å². The Hall–Kier alpha value is -0.400. The van der Waals surface area contributed by atoms with E-state index in [1.807, 2.05) is 27.5 Å². The van der Waals surface area contributed by atoms with Crippen molar-refractivity contribution >= 4 is 40.9 Å². The Morgan fingerprint density at radius 3 is 2.67 bits per heavy atom. The Labute approximate surface area is 145 Å². The molecule has 1 aromatic carbocycles. The molecule has 0 atom stereocenters. The minimum absolute atomic E-state index is 0. The lowest BCUT2D eigenvalue weighted by molar-refractivity contribution is 0.0689. The molecular formula is C15H21ClFIN2O. The van der Waals surface area contributed by atoms with E-state index in [-0.39, 0.29) is 24.1 Å². The lowest BCUT2D eigenvalue weighted by Gasteiger charge is -2.32. The van der Waals surface area contributed by atoms with Crippen molar-refractivity contribution in [1.82, 2.24) is 10.2 Å². The first kappa shape index (κ1) is 18.6. The molecule has 3 nitrogen and oxygen atoms in total. The van der Waals surface area contributed by atoms with Crippen LogP contribution >= 0.6 is 35.0 Å². The highest BCUT2D eigenvalue weighted by Gasteiger charge is 2.24. The van der Waals surface area contributed by atoms with E-state index in [1.54, 1.807) is 6.07 Å². The second kappa shape index (κ2) is 8.90. The highest BCUT2D eigenvalue weighted by molar-refractivity contribution is 14.1. The van der Waals surface area contributed by atoms with Gasteiger partial charge in [0.25, 0.3) is 5.91 Å². The first-order chi connectivity index (χ1) is 9.61. The fourth-order valence-electron chi connectivity index (χ4n) is 2.52. The second-order valence-electron chi connectivity index (χ2n) is 5.17. The number of benzene rings is 1. The summed E-state index contributed by atoms with van der Waals surface area (Å²) < 4.78 is 13.8. The fourth-order valence-corrected chi connectivity index (χ4v) is 3.23. The number of rotatable bonds is 4. The summed E-state index contributed by atoms with van der Waals surface area (Å²) in [6, 6.07) is 4.35. The smallest absolute Gasteiger partial charge is 0.254 e. The van der Waals surface area contributed by atoms with Crippen molar-refractivity contribution in [3.63, 3.8) is 0 Å². The van der Waals surface area contributed by atoms with Crippen molar-refractivity contribution in [2.24, 2.45) is 5.92 Å². The van der Waals surface area contributed by atoms with Crippen LogP contribution < -0.4 is 5.32 Å². The Balaban J connectivity index is 0.00000220. The molecule has 1 heterocycles. The number of amides is 1. The van der Waals surface area contributed by atoms with Gasteiger partial charge >= 0.3 is 0 Å². The van der Waals surface area contributed by atoms with E-state index in [2.05, 4.69) is 12.2 Å². The van der Waals surface area contributed by atoms with Crippen LogP contribution in [0.15, 0.2) is 18.2 Å². The fraction of sp³-hybridized carbons (Fsp3) is 0.533.